The van der Waals surface area contributed by atoms with Crippen molar-refractivity contribution in [2.75, 3.05) is 26.4 Å². The zero-order valence-electron chi connectivity index (χ0n) is 47.2. The van der Waals surface area contributed by atoms with Crippen LogP contribution < -0.4 is 0 Å². The van der Waals surface area contributed by atoms with Crippen molar-refractivity contribution in [3.63, 3.8) is 0 Å². The molecule has 0 unspecified atom stereocenters. The molecule has 0 aromatic carbocycles. The molecule has 10 aliphatic carbocycles. The first-order chi connectivity index (χ1) is 33.1. The number of ether oxygens (including phenoxy) is 3. The lowest BCUT2D eigenvalue weighted by molar-refractivity contribution is -0.250. The molecule has 10 aliphatic rings. The molecule has 0 spiro atoms. The van der Waals surface area contributed by atoms with Crippen molar-refractivity contribution in [2.45, 2.75) is 224 Å². The van der Waals surface area contributed by atoms with Gasteiger partial charge in [0.2, 0.25) is 0 Å². The van der Waals surface area contributed by atoms with E-state index in [1.54, 1.807) is 0 Å². The molecule has 0 aliphatic heterocycles. The molecule has 2 N–H and O–H groups in total. The Balaban J connectivity index is 0.766. The van der Waals surface area contributed by atoms with Crippen molar-refractivity contribution in [3.05, 3.63) is 24.3 Å². The van der Waals surface area contributed by atoms with E-state index in [1.165, 1.54) is 75.4 Å². The van der Waals surface area contributed by atoms with Crippen LogP contribution >= 0.6 is 0 Å². The molecule has 7 nitrogen and oxygen atoms in total. The van der Waals surface area contributed by atoms with Gasteiger partial charge in [-0.15, -0.1) is 0 Å². The summed E-state index contributed by atoms with van der Waals surface area (Å²) >= 11 is 0. The second-order valence-electron chi connectivity index (χ2n) is 30.7. The lowest BCUT2D eigenvalue weighted by Crippen LogP contribution is -2.66. The van der Waals surface area contributed by atoms with Crippen molar-refractivity contribution in [1.82, 2.24) is 0 Å². The van der Waals surface area contributed by atoms with E-state index in [0.717, 1.165) is 64.2 Å². The number of rotatable bonds is 10. The van der Waals surface area contributed by atoms with Crippen molar-refractivity contribution < 1.29 is 34.0 Å². The Morgan fingerprint density at radius 2 is 0.831 bits per heavy atom. The zero-order valence-corrected chi connectivity index (χ0v) is 47.2. The minimum Gasteiger partial charge on any atom is -0.393 e. The molecule has 71 heavy (non-hydrogen) atoms. The Labute approximate surface area is 432 Å². The Morgan fingerprint density at radius 3 is 1.20 bits per heavy atom. The number of carbonyl (C=O) groups excluding carboxylic acids is 2. The summed E-state index contributed by atoms with van der Waals surface area (Å²) in [4.78, 5) is 26.9. The van der Waals surface area contributed by atoms with E-state index in [-0.39, 0.29) is 79.6 Å². The highest BCUT2D eigenvalue weighted by Gasteiger charge is 2.73. The van der Waals surface area contributed by atoms with E-state index in [2.05, 4.69) is 96.2 Å². The maximum Gasteiger partial charge on any atom is 0.339 e. The van der Waals surface area contributed by atoms with E-state index >= 15 is 0 Å². The second kappa shape index (κ2) is 17.5. The van der Waals surface area contributed by atoms with Crippen LogP contribution in [-0.2, 0) is 23.8 Å². The third-order valence-electron chi connectivity index (χ3n) is 27.9. The van der Waals surface area contributed by atoms with Gasteiger partial charge in [0, 0.05) is 0 Å². The van der Waals surface area contributed by atoms with Crippen LogP contribution in [0.4, 0.5) is 0 Å². The number of carbonyl (C=O) groups is 2. The largest absolute Gasteiger partial charge is 0.393 e. The summed E-state index contributed by atoms with van der Waals surface area (Å²) < 4.78 is 18.4. The molecule has 10 rings (SSSR count). The highest BCUT2D eigenvalue weighted by molar-refractivity contribution is 5.86. The highest BCUT2D eigenvalue weighted by atomic mass is 16.6. The molecule has 0 radical (unpaired) electrons. The quantitative estimate of drug-likeness (QED) is 0.128. The minimum atomic E-state index is -0.614. The average Bonchev–Trinajstić information content (AvgIpc) is 3.87. The van der Waals surface area contributed by atoms with Gasteiger partial charge in [-0.2, -0.15) is 0 Å². The summed E-state index contributed by atoms with van der Waals surface area (Å²) in [5, 5.41) is 22.4. The van der Waals surface area contributed by atoms with Crippen LogP contribution in [-0.4, -0.2) is 60.8 Å². The number of fused-ring (bicyclic) bond motifs is 14. The fourth-order valence-corrected chi connectivity index (χ4v) is 23.9. The summed E-state index contributed by atoms with van der Waals surface area (Å²) in [7, 11) is 0. The fourth-order valence-electron chi connectivity index (χ4n) is 23.9. The molecule has 10 saturated carbocycles. The molecule has 0 aromatic rings. The van der Waals surface area contributed by atoms with E-state index in [0.29, 0.717) is 72.4 Å². The van der Waals surface area contributed by atoms with Crippen LogP contribution in [0.5, 0.6) is 0 Å². The second-order valence-corrected chi connectivity index (χ2v) is 30.7. The zero-order chi connectivity index (χ0) is 51.3. The maximum absolute atomic E-state index is 13.4. The topological polar surface area (TPSA) is 102 Å². The number of esters is 2. The highest BCUT2D eigenvalue weighted by Crippen LogP contribution is 2.80. The molecule has 10 fully saturated rings. The molecule has 0 bridgehead atoms. The van der Waals surface area contributed by atoms with Gasteiger partial charge in [-0.1, -0.05) is 93.5 Å². The van der Waals surface area contributed by atoms with E-state index in [4.69, 9.17) is 14.2 Å². The van der Waals surface area contributed by atoms with Crippen LogP contribution in [0.3, 0.4) is 0 Å². The number of hydrogen-bond donors (Lipinski definition) is 2. The molecule has 7 heteroatoms. The molecular formula is C64H102O7. The van der Waals surface area contributed by atoms with Crippen molar-refractivity contribution in [2.24, 2.45) is 113 Å². The van der Waals surface area contributed by atoms with Gasteiger partial charge in [-0.05, 0) is 256 Å². The summed E-state index contributed by atoms with van der Waals surface area (Å²) in [5.41, 5.74) is 3.82. The van der Waals surface area contributed by atoms with Crippen molar-refractivity contribution >= 4 is 11.9 Å². The average molecular weight is 984 g/mol. The van der Waals surface area contributed by atoms with E-state index in [1.807, 2.05) is 0 Å². The summed E-state index contributed by atoms with van der Waals surface area (Å²) in [6, 6.07) is 0. The lowest BCUT2D eigenvalue weighted by atomic mass is 9.32. The maximum atomic E-state index is 13.4. The van der Waals surface area contributed by atoms with Gasteiger partial charge in [-0.3, -0.25) is 0 Å². The van der Waals surface area contributed by atoms with Gasteiger partial charge in [0.15, 0.2) is 0 Å². The molecular weight excluding hydrogens is 881 g/mol. The van der Waals surface area contributed by atoms with Crippen LogP contribution in [0.15, 0.2) is 24.3 Å². The Hall–Kier alpha value is -1.54. The summed E-state index contributed by atoms with van der Waals surface area (Å²) in [6.45, 7) is 39.5. The third-order valence-corrected chi connectivity index (χ3v) is 27.9. The van der Waals surface area contributed by atoms with Crippen molar-refractivity contribution in [1.29, 1.82) is 0 Å². The molecule has 0 heterocycles. The standard InChI is InChI=1S/C64H102O7/c1-39(2)41-19-29-63(33-31-59(11)43(53(41)63)15-17-47-57(9)25-23-49(65)55(5,6)45(57)21-27-61(47,59)13)37-69-35-51(67)71-52(68)36-70-38-64-30-20-42(40(3)4)54(64)44-16-18-48-58(10)26-24-50(66)56(7,8)46(58)22-28-62(48,14)60(44,12)32-34-64/h41-50,53-54,65-66H,1,3,15-38H2,2,4-14H3/t41-,42-,43+,44+,45-,46-,47+,48+,49-,50-,53+,54+,57-,58-,59+,60+,61+,62+,63+,64+/m0/s1. The Morgan fingerprint density at radius 1 is 0.451 bits per heavy atom. The normalized spacial score (nSPS) is 52.2. The predicted molar refractivity (Wildman–Crippen MR) is 283 cm³/mol. The number of aliphatic hydroxyl groups excluding tert-OH is 2. The van der Waals surface area contributed by atoms with Gasteiger partial charge >= 0.3 is 11.9 Å². The van der Waals surface area contributed by atoms with Crippen LogP contribution in [0.2, 0.25) is 0 Å². The van der Waals surface area contributed by atoms with Gasteiger partial charge in [0.1, 0.15) is 13.2 Å². The van der Waals surface area contributed by atoms with Gasteiger partial charge in [0.25, 0.3) is 0 Å². The van der Waals surface area contributed by atoms with Gasteiger partial charge in [-0.25, -0.2) is 9.59 Å². The first-order valence-corrected chi connectivity index (χ1v) is 29.7. The molecule has 400 valence electrons. The van der Waals surface area contributed by atoms with Crippen LogP contribution in [0, 0.1) is 113 Å². The minimum absolute atomic E-state index is 0.0122. The van der Waals surface area contributed by atoms with Crippen molar-refractivity contribution in [3.8, 4) is 0 Å². The van der Waals surface area contributed by atoms with Crippen LogP contribution in [0.25, 0.3) is 0 Å². The molecule has 0 saturated heterocycles. The first-order valence-electron chi connectivity index (χ1n) is 29.7. The SMILES string of the molecule is C=C(C)[C@@H]1CC[C@]2(COCC(=O)OC(=O)COC[C@]34CC[C@@H](C(=C)C)[C@@H]3[C@H]3CC[C@@H]5[C@@]6(C)CC[C@H](O)C(C)(C)[C@@H]6CC[C@@]5(C)[C@]3(C)CC4)CC[C@]3(C)[C@H](CC[C@@H]4[C@@]5(C)CC[C@H](O)C(C)(C)[C@@H]5CC[C@]43C)[C@@H]12. The first kappa shape index (κ1) is 52.9. The van der Waals surface area contributed by atoms with E-state index in [9.17, 15) is 19.8 Å². The molecule has 0 amide bonds. The molecule has 0 aromatic heterocycles. The number of aliphatic hydroxyl groups is 2. The number of allylic oxidation sites excluding steroid dienone is 2. The smallest absolute Gasteiger partial charge is 0.339 e. The predicted octanol–water partition coefficient (Wildman–Crippen LogP) is 14.1. The summed E-state index contributed by atoms with van der Waals surface area (Å²) in [5.74, 6) is 4.16. The lowest BCUT2D eigenvalue weighted by Gasteiger charge is -2.73. The summed E-state index contributed by atoms with van der Waals surface area (Å²) in [6.07, 6.45) is 22.5. The Bertz CT molecular complexity index is 1980. The third kappa shape index (κ3) is 7.38. The number of hydrogen-bond acceptors (Lipinski definition) is 7. The van der Waals surface area contributed by atoms with Gasteiger partial charge in [0.05, 0.1) is 25.4 Å². The monoisotopic (exact) mass is 983 g/mol. The van der Waals surface area contributed by atoms with Crippen LogP contribution in [0.1, 0.15) is 212 Å². The fraction of sp³-hybridized carbons (Fsp3) is 0.906. The van der Waals surface area contributed by atoms with E-state index < -0.39 is 11.9 Å². The Kier molecular flexibility index (Phi) is 13.0. The van der Waals surface area contributed by atoms with Gasteiger partial charge < -0.3 is 24.4 Å². The molecule has 20 atom stereocenters.